The third-order valence-corrected chi connectivity index (χ3v) is 3.99. The molecule has 0 heterocycles. The molecule has 0 aromatic heterocycles. The van der Waals surface area contributed by atoms with Crippen molar-refractivity contribution in [3.63, 3.8) is 0 Å². The van der Waals surface area contributed by atoms with E-state index in [0.29, 0.717) is 0 Å². The SMILES string of the molecule is C=CC(=CC)N(c1ccc(Br)cc1)c1ccc(Br)cc1. The van der Waals surface area contributed by atoms with Gasteiger partial charge in [0.1, 0.15) is 0 Å². The molecule has 20 heavy (non-hydrogen) atoms. The van der Waals surface area contributed by atoms with Crippen molar-refractivity contribution in [2.75, 3.05) is 4.90 Å². The van der Waals surface area contributed by atoms with Gasteiger partial charge in [-0.2, -0.15) is 0 Å². The van der Waals surface area contributed by atoms with Crippen LogP contribution in [0, 0.1) is 0 Å². The second-order valence-electron chi connectivity index (χ2n) is 4.21. The van der Waals surface area contributed by atoms with Crippen LogP contribution in [-0.4, -0.2) is 0 Å². The van der Waals surface area contributed by atoms with E-state index >= 15 is 0 Å². The van der Waals surface area contributed by atoms with Gasteiger partial charge in [-0.3, -0.25) is 0 Å². The Morgan fingerprint density at radius 3 is 1.60 bits per heavy atom. The molecule has 0 aliphatic rings. The van der Waals surface area contributed by atoms with Gasteiger partial charge in [0.25, 0.3) is 0 Å². The Hall–Kier alpha value is -1.32. The maximum Gasteiger partial charge on any atom is 0.0462 e. The topological polar surface area (TPSA) is 3.24 Å². The fourth-order valence-corrected chi connectivity index (χ4v) is 2.49. The molecule has 102 valence electrons. The molecule has 0 N–H and O–H groups in total. The van der Waals surface area contributed by atoms with Crippen LogP contribution in [0.15, 0.2) is 81.9 Å². The molecule has 2 aromatic rings. The summed E-state index contributed by atoms with van der Waals surface area (Å²) in [6.45, 7) is 5.93. The molecule has 0 spiro atoms. The van der Waals surface area contributed by atoms with Gasteiger partial charge in [0.05, 0.1) is 0 Å². The van der Waals surface area contributed by atoms with Gasteiger partial charge in [0, 0.05) is 26.0 Å². The molecule has 0 aliphatic carbocycles. The van der Waals surface area contributed by atoms with Crippen LogP contribution in [0.1, 0.15) is 6.92 Å². The van der Waals surface area contributed by atoms with Crippen molar-refractivity contribution in [3.8, 4) is 0 Å². The van der Waals surface area contributed by atoms with Crippen LogP contribution < -0.4 is 4.90 Å². The monoisotopic (exact) mass is 391 g/mol. The fraction of sp³-hybridized carbons (Fsp3) is 0.0588. The van der Waals surface area contributed by atoms with Crippen molar-refractivity contribution in [3.05, 3.63) is 81.9 Å². The van der Waals surface area contributed by atoms with Gasteiger partial charge < -0.3 is 4.90 Å². The van der Waals surface area contributed by atoms with Gasteiger partial charge in [0.15, 0.2) is 0 Å². The lowest BCUT2D eigenvalue weighted by atomic mass is 10.2. The van der Waals surface area contributed by atoms with E-state index in [2.05, 4.69) is 73.7 Å². The zero-order valence-corrected chi connectivity index (χ0v) is 14.4. The van der Waals surface area contributed by atoms with E-state index in [4.69, 9.17) is 0 Å². The van der Waals surface area contributed by atoms with E-state index < -0.39 is 0 Å². The molecule has 0 amide bonds. The Kier molecular flexibility index (Phi) is 5.21. The van der Waals surface area contributed by atoms with E-state index in [9.17, 15) is 0 Å². The highest BCUT2D eigenvalue weighted by Gasteiger charge is 2.11. The number of benzene rings is 2. The molecular weight excluding hydrogens is 378 g/mol. The standard InChI is InChI=1S/C17H15Br2N/c1-3-15(4-2)20(16-9-5-13(18)6-10-16)17-11-7-14(19)8-12-17/h3-12H,1H2,2H3. The largest absolute Gasteiger partial charge is 0.311 e. The van der Waals surface area contributed by atoms with Crippen molar-refractivity contribution in [2.24, 2.45) is 0 Å². The molecule has 0 unspecified atom stereocenters. The number of hydrogen-bond acceptors (Lipinski definition) is 1. The zero-order valence-electron chi connectivity index (χ0n) is 11.2. The summed E-state index contributed by atoms with van der Waals surface area (Å²) in [5, 5.41) is 0. The van der Waals surface area contributed by atoms with Crippen LogP contribution in [0.3, 0.4) is 0 Å². The molecular formula is C17H15Br2N. The summed E-state index contributed by atoms with van der Waals surface area (Å²) in [4.78, 5) is 2.17. The number of nitrogens with zero attached hydrogens (tertiary/aromatic N) is 1. The predicted molar refractivity (Wildman–Crippen MR) is 94.4 cm³/mol. The van der Waals surface area contributed by atoms with Crippen LogP contribution in [0.5, 0.6) is 0 Å². The first-order valence-corrected chi connectivity index (χ1v) is 7.84. The van der Waals surface area contributed by atoms with Crippen LogP contribution in [0.25, 0.3) is 0 Å². The maximum absolute atomic E-state index is 3.91. The van der Waals surface area contributed by atoms with E-state index in [1.54, 1.807) is 0 Å². The smallest absolute Gasteiger partial charge is 0.0462 e. The summed E-state index contributed by atoms with van der Waals surface area (Å²) in [6, 6.07) is 16.5. The second kappa shape index (κ2) is 6.91. The van der Waals surface area contributed by atoms with Crippen molar-refractivity contribution >= 4 is 43.2 Å². The lowest BCUT2D eigenvalue weighted by Gasteiger charge is -2.26. The third kappa shape index (κ3) is 3.41. The molecule has 2 aromatic carbocycles. The third-order valence-electron chi connectivity index (χ3n) is 2.93. The summed E-state index contributed by atoms with van der Waals surface area (Å²) in [5.41, 5.74) is 3.25. The van der Waals surface area contributed by atoms with Gasteiger partial charge in [-0.15, -0.1) is 0 Å². The highest BCUT2D eigenvalue weighted by atomic mass is 79.9. The predicted octanol–water partition coefficient (Wildman–Crippen LogP) is 6.44. The fourth-order valence-electron chi connectivity index (χ4n) is 1.97. The van der Waals surface area contributed by atoms with Crippen LogP contribution in [-0.2, 0) is 0 Å². The Labute approximate surface area is 136 Å². The lowest BCUT2D eigenvalue weighted by molar-refractivity contribution is 1.20. The van der Waals surface area contributed by atoms with Crippen molar-refractivity contribution in [1.29, 1.82) is 0 Å². The first-order valence-electron chi connectivity index (χ1n) is 6.25. The average molecular weight is 393 g/mol. The highest BCUT2D eigenvalue weighted by molar-refractivity contribution is 9.10. The minimum absolute atomic E-state index is 1.05. The minimum atomic E-state index is 1.05. The second-order valence-corrected chi connectivity index (χ2v) is 6.04. The summed E-state index contributed by atoms with van der Waals surface area (Å²) in [6.07, 6.45) is 3.92. The van der Waals surface area contributed by atoms with Gasteiger partial charge in [-0.05, 0) is 61.5 Å². The average Bonchev–Trinajstić information content (AvgIpc) is 2.47. The van der Waals surface area contributed by atoms with Crippen molar-refractivity contribution < 1.29 is 0 Å². The Balaban J connectivity index is 2.52. The molecule has 2 rings (SSSR count). The summed E-state index contributed by atoms with van der Waals surface area (Å²) >= 11 is 6.94. The molecule has 0 atom stereocenters. The maximum atomic E-state index is 3.91. The Morgan fingerprint density at radius 1 is 0.900 bits per heavy atom. The van der Waals surface area contributed by atoms with Gasteiger partial charge in [-0.25, -0.2) is 0 Å². The van der Waals surface area contributed by atoms with Gasteiger partial charge in [0.2, 0.25) is 0 Å². The highest BCUT2D eigenvalue weighted by Crippen LogP contribution is 2.31. The quantitative estimate of drug-likeness (QED) is 0.541. The molecule has 0 aliphatic heterocycles. The normalized spacial score (nSPS) is 11.2. The summed E-state index contributed by atoms with van der Waals surface area (Å²) < 4.78 is 2.13. The van der Waals surface area contributed by atoms with Crippen LogP contribution in [0.4, 0.5) is 11.4 Å². The zero-order chi connectivity index (χ0) is 14.5. The lowest BCUT2D eigenvalue weighted by Crippen LogP contribution is -2.14. The van der Waals surface area contributed by atoms with E-state index in [1.807, 2.05) is 37.3 Å². The first-order chi connectivity index (χ1) is 9.65. The van der Waals surface area contributed by atoms with Gasteiger partial charge in [-0.1, -0.05) is 44.5 Å². The molecule has 0 radical (unpaired) electrons. The summed E-state index contributed by atoms with van der Waals surface area (Å²) in [7, 11) is 0. The Bertz CT molecular complexity index is 567. The van der Waals surface area contributed by atoms with Crippen LogP contribution in [0.2, 0.25) is 0 Å². The first kappa shape index (κ1) is 15.1. The number of hydrogen-bond donors (Lipinski definition) is 0. The van der Waals surface area contributed by atoms with Gasteiger partial charge >= 0.3 is 0 Å². The van der Waals surface area contributed by atoms with Crippen LogP contribution >= 0.6 is 31.9 Å². The van der Waals surface area contributed by atoms with Crippen molar-refractivity contribution in [2.45, 2.75) is 6.92 Å². The number of allylic oxidation sites excluding steroid dienone is 2. The Morgan fingerprint density at radius 2 is 1.30 bits per heavy atom. The summed E-state index contributed by atoms with van der Waals surface area (Å²) in [5.74, 6) is 0. The van der Waals surface area contributed by atoms with Crippen molar-refractivity contribution in [1.82, 2.24) is 0 Å². The van der Waals surface area contributed by atoms with E-state index in [1.165, 1.54) is 0 Å². The number of halogens is 2. The number of anilines is 2. The van der Waals surface area contributed by atoms with E-state index in [-0.39, 0.29) is 0 Å². The molecule has 1 nitrogen and oxygen atoms in total. The van der Waals surface area contributed by atoms with E-state index in [0.717, 1.165) is 26.0 Å². The molecule has 0 saturated heterocycles. The number of rotatable bonds is 4. The molecule has 0 bridgehead atoms. The molecule has 3 heteroatoms. The minimum Gasteiger partial charge on any atom is -0.311 e. The molecule has 0 fully saturated rings. The molecule has 0 saturated carbocycles.